The number of nitrogens with zero attached hydrogens (tertiary/aromatic N) is 2. The number of carbonyl (C=O) groups is 2. The van der Waals surface area contributed by atoms with Crippen LogP contribution < -0.4 is 10.9 Å². The minimum atomic E-state index is -0.344. The minimum Gasteiger partial charge on any atom is -0.367 e. The third kappa shape index (κ3) is 4.30. The largest absolute Gasteiger partial charge is 0.367 e. The number of hydrogen-bond donors (Lipinski definition) is 2. The van der Waals surface area contributed by atoms with Gasteiger partial charge < -0.3 is 19.8 Å². The summed E-state index contributed by atoms with van der Waals surface area (Å²) < 4.78 is 1.61. The van der Waals surface area contributed by atoms with Crippen LogP contribution in [0.15, 0.2) is 59.8 Å². The molecule has 0 bridgehead atoms. The van der Waals surface area contributed by atoms with Gasteiger partial charge in [-0.15, -0.1) is 0 Å². The zero-order valence-corrected chi connectivity index (χ0v) is 17.6. The molecule has 160 valence electrons. The predicted molar refractivity (Wildman–Crippen MR) is 118 cm³/mol. The average Bonchev–Trinajstić information content (AvgIpc) is 3.32. The molecule has 2 amide bonds. The molecule has 7 nitrogen and oxygen atoms in total. The minimum absolute atomic E-state index is 0.0616. The number of nitrogens with one attached hydrogen (secondary N) is 2. The van der Waals surface area contributed by atoms with Gasteiger partial charge in [0, 0.05) is 44.8 Å². The van der Waals surface area contributed by atoms with Gasteiger partial charge in [0.25, 0.3) is 17.4 Å². The molecule has 0 fully saturated rings. The molecular weight excluding hydrogens is 392 g/mol. The predicted octanol–water partition coefficient (Wildman–Crippen LogP) is 2.37. The van der Waals surface area contributed by atoms with Crippen LogP contribution in [-0.2, 0) is 25.9 Å². The Morgan fingerprint density at radius 3 is 2.68 bits per heavy atom. The highest BCUT2D eigenvalue weighted by molar-refractivity contribution is 5.96. The Morgan fingerprint density at radius 2 is 1.97 bits per heavy atom. The molecule has 0 unspecified atom stereocenters. The van der Waals surface area contributed by atoms with E-state index in [2.05, 4.69) is 10.3 Å². The molecule has 3 aromatic rings. The Morgan fingerprint density at radius 1 is 1.16 bits per heavy atom. The Balaban J connectivity index is 1.68. The molecule has 2 aromatic heterocycles. The molecule has 0 atom stereocenters. The second kappa shape index (κ2) is 9.04. The fourth-order valence-electron chi connectivity index (χ4n) is 4.07. The Labute approximate surface area is 180 Å². The highest BCUT2D eigenvalue weighted by Gasteiger charge is 2.28. The van der Waals surface area contributed by atoms with E-state index in [0.29, 0.717) is 44.6 Å². The quantitative estimate of drug-likeness (QED) is 0.644. The number of pyridine rings is 1. The molecule has 0 saturated heterocycles. The lowest BCUT2D eigenvalue weighted by Gasteiger charge is -2.30. The Kier molecular flexibility index (Phi) is 6.02. The summed E-state index contributed by atoms with van der Waals surface area (Å²) in [6, 6.07) is 11.7. The fourth-order valence-corrected chi connectivity index (χ4v) is 4.07. The summed E-state index contributed by atoms with van der Waals surface area (Å²) >= 11 is 0. The summed E-state index contributed by atoms with van der Waals surface area (Å²) in [5, 5.41) is 2.77. The summed E-state index contributed by atoms with van der Waals surface area (Å²) in [5.74, 6) is -0.406. The van der Waals surface area contributed by atoms with Crippen LogP contribution in [0.25, 0.3) is 0 Å². The van der Waals surface area contributed by atoms with Gasteiger partial charge in [0.1, 0.15) is 5.56 Å². The lowest BCUT2D eigenvalue weighted by atomic mass is 9.95. The number of hydrogen-bond acceptors (Lipinski definition) is 3. The van der Waals surface area contributed by atoms with E-state index < -0.39 is 0 Å². The second-order valence-corrected chi connectivity index (χ2v) is 7.68. The smallest absolute Gasteiger partial charge is 0.263 e. The van der Waals surface area contributed by atoms with Crippen molar-refractivity contribution >= 4 is 11.8 Å². The van der Waals surface area contributed by atoms with Gasteiger partial charge in [0.15, 0.2) is 0 Å². The maximum absolute atomic E-state index is 13.2. The number of aromatic nitrogens is 2. The molecule has 0 aliphatic carbocycles. The van der Waals surface area contributed by atoms with Crippen molar-refractivity contribution in [2.24, 2.45) is 0 Å². The summed E-state index contributed by atoms with van der Waals surface area (Å²) in [6.45, 7) is 3.59. The summed E-state index contributed by atoms with van der Waals surface area (Å²) in [4.78, 5) is 43.4. The lowest BCUT2D eigenvalue weighted by Crippen LogP contribution is -2.41. The van der Waals surface area contributed by atoms with Crippen LogP contribution in [0, 0.1) is 0 Å². The summed E-state index contributed by atoms with van der Waals surface area (Å²) in [5.41, 5.74) is 3.27. The van der Waals surface area contributed by atoms with Gasteiger partial charge in [-0.05, 0) is 42.5 Å². The van der Waals surface area contributed by atoms with Gasteiger partial charge in [-0.1, -0.05) is 30.3 Å². The number of aromatic amines is 1. The average molecular weight is 418 g/mol. The lowest BCUT2D eigenvalue weighted by molar-refractivity contribution is 0.0734. The van der Waals surface area contributed by atoms with Crippen LogP contribution in [0.2, 0.25) is 0 Å². The Hall–Kier alpha value is -3.61. The highest BCUT2D eigenvalue weighted by Crippen LogP contribution is 2.22. The van der Waals surface area contributed by atoms with Crippen LogP contribution in [0.3, 0.4) is 0 Å². The van der Waals surface area contributed by atoms with Crippen molar-refractivity contribution in [3.63, 3.8) is 0 Å². The molecular formula is C24H26N4O3. The van der Waals surface area contributed by atoms with Crippen molar-refractivity contribution in [2.75, 3.05) is 13.1 Å². The van der Waals surface area contributed by atoms with Crippen molar-refractivity contribution in [1.82, 2.24) is 19.8 Å². The van der Waals surface area contributed by atoms with Gasteiger partial charge in [-0.25, -0.2) is 0 Å². The van der Waals surface area contributed by atoms with E-state index in [1.807, 2.05) is 43.5 Å². The van der Waals surface area contributed by atoms with Crippen LogP contribution >= 0.6 is 0 Å². The van der Waals surface area contributed by atoms with Crippen molar-refractivity contribution in [3.05, 3.63) is 93.2 Å². The normalized spacial score (nSPS) is 13.0. The number of fused-ring (bicyclic) bond motifs is 1. The van der Waals surface area contributed by atoms with Crippen LogP contribution in [0.5, 0.6) is 0 Å². The van der Waals surface area contributed by atoms with E-state index in [1.54, 1.807) is 27.9 Å². The van der Waals surface area contributed by atoms with Crippen LogP contribution in [0.4, 0.5) is 0 Å². The second-order valence-electron chi connectivity index (χ2n) is 7.68. The molecule has 7 heteroatoms. The first-order valence-corrected chi connectivity index (χ1v) is 10.6. The maximum atomic E-state index is 13.2. The number of aryl methyl sites for hydroxylation is 2. The van der Waals surface area contributed by atoms with Crippen LogP contribution in [-0.4, -0.2) is 39.4 Å². The van der Waals surface area contributed by atoms with Crippen molar-refractivity contribution in [2.45, 2.75) is 32.9 Å². The number of H-pyrrole nitrogens is 1. The van der Waals surface area contributed by atoms with Crippen LogP contribution in [0.1, 0.15) is 44.3 Å². The Bertz CT molecular complexity index is 1130. The van der Waals surface area contributed by atoms with Gasteiger partial charge in [0.2, 0.25) is 0 Å². The molecule has 1 aliphatic rings. The third-order valence-electron chi connectivity index (χ3n) is 5.65. The molecule has 4 rings (SSSR count). The first kappa shape index (κ1) is 20.7. The fraction of sp³-hybridized carbons (Fsp3) is 0.292. The molecule has 3 heterocycles. The standard InChI is InChI=1S/C24H26N4O3/c1-2-26-22(29)21-20-10-13-27(23(30)18-8-11-25-14-18)15-19(20)16-28(24(21)31)12-9-17-6-4-3-5-7-17/h3-8,11,14,16,25H,2,9-10,12-13,15H2,1H3,(H,26,29). The zero-order chi connectivity index (χ0) is 21.8. The SMILES string of the molecule is CCNC(=O)c1c2c(cn(CCc3ccccc3)c1=O)CN(C(=O)c1cc[nH]c1)CC2. The number of benzene rings is 1. The van der Waals surface area contributed by atoms with E-state index in [0.717, 1.165) is 16.7 Å². The summed E-state index contributed by atoms with van der Waals surface area (Å²) in [7, 11) is 0. The monoisotopic (exact) mass is 418 g/mol. The first-order chi connectivity index (χ1) is 15.1. The topological polar surface area (TPSA) is 87.2 Å². The highest BCUT2D eigenvalue weighted by atomic mass is 16.2. The van der Waals surface area contributed by atoms with Gasteiger partial charge in [0.05, 0.1) is 5.56 Å². The van der Waals surface area contributed by atoms with Gasteiger partial charge in [-0.2, -0.15) is 0 Å². The molecule has 0 saturated carbocycles. The zero-order valence-electron chi connectivity index (χ0n) is 17.6. The molecule has 31 heavy (non-hydrogen) atoms. The van der Waals surface area contributed by atoms with E-state index >= 15 is 0 Å². The van der Waals surface area contributed by atoms with Gasteiger partial charge >= 0.3 is 0 Å². The molecule has 2 N–H and O–H groups in total. The van der Waals surface area contributed by atoms with Crippen molar-refractivity contribution < 1.29 is 9.59 Å². The summed E-state index contributed by atoms with van der Waals surface area (Å²) in [6.07, 6.45) is 6.38. The number of rotatable bonds is 6. The van der Waals surface area contributed by atoms with E-state index in [4.69, 9.17) is 0 Å². The van der Waals surface area contributed by atoms with E-state index in [-0.39, 0.29) is 22.9 Å². The number of carbonyl (C=O) groups excluding carboxylic acids is 2. The van der Waals surface area contributed by atoms with Gasteiger partial charge in [-0.3, -0.25) is 14.4 Å². The van der Waals surface area contributed by atoms with Crippen molar-refractivity contribution in [1.29, 1.82) is 0 Å². The first-order valence-electron chi connectivity index (χ1n) is 10.6. The third-order valence-corrected chi connectivity index (χ3v) is 5.65. The van der Waals surface area contributed by atoms with Crippen molar-refractivity contribution in [3.8, 4) is 0 Å². The number of amides is 2. The van der Waals surface area contributed by atoms with E-state index in [9.17, 15) is 14.4 Å². The van der Waals surface area contributed by atoms with E-state index in [1.165, 1.54) is 0 Å². The maximum Gasteiger partial charge on any atom is 0.263 e. The molecule has 0 radical (unpaired) electrons. The molecule has 0 spiro atoms. The molecule has 1 aliphatic heterocycles. The molecule has 1 aromatic carbocycles.